The van der Waals surface area contributed by atoms with E-state index in [0.29, 0.717) is 36.8 Å². The highest BCUT2D eigenvalue weighted by atomic mass is 19.1. The highest BCUT2D eigenvalue weighted by molar-refractivity contribution is 5.97. The Morgan fingerprint density at radius 2 is 1.90 bits per heavy atom. The first kappa shape index (κ1) is 20.8. The van der Waals surface area contributed by atoms with Gasteiger partial charge in [0.2, 0.25) is 11.9 Å². The summed E-state index contributed by atoms with van der Waals surface area (Å²) in [4.78, 5) is 34.8. The van der Waals surface area contributed by atoms with Crippen molar-refractivity contribution in [2.24, 2.45) is 5.92 Å². The lowest BCUT2D eigenvalue weighted by Gasteiger charge is -2.30. The van der Waals surface area contributed by atoms with Crippen molar-refractivity contribution in [3.8, 4) is 0 Å². The molecule has 2 aromatic carbocycles. The van der Waals surface area contributed by atoms with Crippen molar-refractivity contribution in [3.63, 3.8) is 0 Å². The van der Waals surface area contributed by atoms with Crippen LogP contribution in [-0.2, 0) is 17.8 Å². The van der Waals surface area contributed by atoms with Crippen LogP contribution >= 0.6 is 0 Å². The smallest absolute Gasteiger partial charge is 0.269 e. The van der Waals surface area contributed by atoms with E-state index in [1.165, 1.54) is 12.1 Å². The van der Waals surface area contributed by atoms with Crippen molar-refractivity contribution in [1.82, 2.24) is 15.3 Å². The van der Waals surface area contributed by atoms with Crippen LogP contribution in [0.4, 0.5) is 10.3 Å². The number of aromatic nitrogens is 2. The van der Waals surface area contributed by atoms with Crippen molar-refractivity contribution < 1.29 is 14.0 Å². The zero-order valence-electron chi connectivity index (χ0n) is 17.4. The second kappa shape index (κ2) is 9.12. The van der Waals surface area contributed by atoms with E-state index < -0.39 is 0 Å². The van der Waals surface area contributed by atoms with E-state index in [9.17, 15) is 14.0 Å². The van der Waals surface area contributed by atoms with Crippen molar-refractivity contribution in [1.29, 1.82) is 0 Å². The van der Waals surface area contributed by atoms with Crippen LogP contribution in [-0.4, -0.2) is 28.3 Å². The summed E-state index contributed by atoms with van der Waals surface area (Å²) in [5, 5.41) is 2.89. The quantitative estimate of drug-likeness (QED) is 0.637. The van der Waals surface area contributed by atoms with Gasteiger partial charge in [0.05, 0.1) is 5.69 Å². The van der Waals surface area contributed by atoms with Gasteiger partial charge in [0.25, 0.3) is 5.91 Å². The Kier molecular flexibility index (Phi) is 6.11. The molecule has 2 amide bonds. The van der Waals surface area contributed by atoms with Crippen molar-refractivity contribution in [2.75, 3.05) is 11.4 Å². The fourth-order valence-corrected chi connectivity index (χ4v) is 3.91. The highest BCUT2D eigenvalue weighted by Crippen LogP contribution is 2.26. The van der Waals surface area contributed by atoms with Gasteiger partial charge >= 0.3 is 0 Å². The number of aryl methyl sites for hydroxylation is 1. The number of hydrogen-bond acceptors (Lipinski definition) is 3. The SMILES string of the molecule is Cc1nc(N2CCCC(Cc3ccc(F)cc3)C2=O)[nH]c1C(=O)NCc1ccccc1. The first-order valence-corrected chi connectivity index (χ1v) is 10.5. The number of amides is 2. The summed E-state index contributed by atoms with van der Waals surface area (Å²) in [5.41, 5.74) is 2.84. The van der Waals surface area contributed by atoms with Gasteiger partial charge in [-0.15, -0.1) is 0 Å². The minimum Gasteiger partial charge on any atom is -0.347 e. The molecule has 1 aliphatic rings. The number of carbonyl (C=O) groups is 2. The lowest BCUT2D eigenvalue weighted by Crippen LogP contribution is -2.42. The fraction of sp³-hybridized carbons (Fsp3) is 0.292. The van der Waals surface area contributed by atoms with Crippen molar-refractivity contribution >= 4 is 17.8 Å². The molecule has 7 heteroatoms. The Labute approximate surface area is 180 Å². The summed E-state index contributed by atoms with van der Waals surface area (Å²) in [7, 11) is 0. The molecular weight excluding hydrogens is 395 g/mol. The van der Waals surface area contributed by atoms with Gasteiger partial charge in [-0.05, 0) is 49.4 Å². The van der Waals surface area contributed by atoms with Gasteiger partial charge in [-0.2, -0.15) is 0 Å². The monoisotopic (exact) mass is 420 g/mol. The summed E-state index contributed by atoms with van der Waals surface area (Å²) in [6.45, 7) is 2.72. The van der Waals surface area contributed by atoms with E-state index in [2.05, 4.69) is 15.3 Å². The predicted molar refractivity (Wildman–Crippen MR) is 116 cm³/mol. The molecule has 1 fully saturated rings. The third-order valence-electron chi connectivity index (χ3n) is 5.60. The predicted octanol–water partition coefficient (Wildman–Crippen LogP) is 3.77. The van der Waals surface area contributed by atoms with Crippen LogP contribution < -0.4 is 10.2 Å². The number of nitrogens with one attached hydrogen (secondary N) is 2. The number of rotatable bonds is 6. The van der Waals surface area contributed by atoms with Crippen LogP contribution in [0.25, 0.3) is 0 Å². The number of piperidine rings is 1. The van der Waals surface area contributed by atoms with E-state index >= 15 is 0 Å². The van der Waals surface area contributed by atoms with E-state index in [0.717, 1.165) is 24.0 Å². The van der Waals surface area contributed by atoms with Crippen LogP contribution in [0.5, 0.6) is 0 Å². The molecule has 1 saturated heterocycles. The highest BCUT2D eigenvalue weighted by Gasteiger charge is 2.32. The van der Waals surface area contributed by atoms with Crippen LogP contribution in [0.3, 0.4) is 0 Å². The summed E-state index contributed by atoms with van der Waals surface area (Å²) in [6, 6.07) is 15.9. The Morgan fingerprint density at radius 3 is 2.65 bits per heavy atom. The number of H-pyrrole nitrogens is 1. The number of nitrogens with zero attached hydrogens (tertiary/aromatic N) is 2. The van der Waals surface area contributed by atoms with E-state index in [1.807, 2.05) is 30.3 Å². The number of anilines is 1. The molecule has 160 valence electrons. The number of halogens is 1. The van der Waals surface area contributed by atoms with Crippen molar-refractivity contribution in [2.45, 2.75) is 32.7 Å². The Hall–Kier alpha value is -3.48. The molecule has 1 aromatic heterocycles. The maximum absolute atomic E-state index is 13.2. The zero-order chi connectivity index (χ0) is 21.8. The lowest BCUT2D eigenvalue weighted by molar-refractivity contribution is -0.123. The largest absolute Gasteiger partial charge is 0.347 e. The summed E-state index contributed by atoms with van der Waals surface area (Å²) >= 11 is 0. The lowest BCUT2D eigenvalue weighted by atomic mass is 9.90. The van der Waals surface area contributed by atoms with E-state index in [4.69, 9.17) is 0 Å². The van der Waals surface area contributed by atoms with Gasteiger partial charge in [0, 0.05) is 19.0 Å². The molecular formula is C24H25FN4O2. The topological polar surface area (TPSA) is 78.1 Å². The Balaban J connectivity index is 1.44. The number of benzene rings is 2. The molecule has 1 unspecified atom stereocenters. The van der Waals surface area contributed by atoms with Gasteiger partial charge in [-0.25, -0.2) is 9.37 Å². The molecule has 2 heterocycles. The molecule has 1 aliphatic heterocycles. The van der Waals surface area contributed by atoms with Crippen LogP contribution in [0.2, 0.25) is 0 Å². The number of carbonyl (C=O) groups excluding carboxylic acids is 2. The third-order valence-corrected chi connectivity index (χ3v) is 5.60. The second-order valence-electron chi connectivity index (χ2n) is 7.85. The molecule has 3 aromatic rings. The molecule has 1 atom stereocenters. The average molecular weight is 420 g/mol. The molecule has 0 spiro atoms. The Morgan fingerprint density at radius 1 is 1.16 bits per heavy atom. The van der Waals surface area contributed by atoms with Crippen molar-refractivity contribution in [3.05, 3.63) is 82.9 Å². The molecule has 0 aliphatic carbocycles. The van der Waals surface area contributed by atoms with Gasteiger partial charge in [0.1, 0.15) is 11.5 Å². The fourth-order valence-electron chi connectivity index (χ4n) is 3.91. The minimum absolute atomic E-state index is 0.0273. The number of imidazole rings is 1. The molecule has 31 heavy (non-hydrogen) atoms. The van der Waals surface area contributed by atoms with Gasteiger partial charge in [0.15, 0.2) is 0 Å². The second-order valence-corrected chi connectivity index (χ2v) is 7.85. The van der Waals surface area contributed by atoms with Gasteiger partial charge in [-0.1, -0.05) is 42.5 Å². The zero-order valence-corrected chi connectivity index (χ0v) is 17.4. The van der Waals surface area contributed by atoms with E-state index in [1.54, 1.807) is 24.0 Å². The van der Waals surface area contributed by atoms with Gasteiger partial charge in [-0.3, -0.25) is 14.5 Å². The molecule has 4 rings (SSSR count). The first-order chi connectivity index (χ1) is 15.0. The molecule has 0 saturated carbocycles. The van der Waals surface area contributed by atoms with Crippen LogP contribution in [0, 0.1) is 18.7 Å². The molecule has 0 bridgehead atoms. The summed E-state index contributed by atoms with van der Waals surface area (Å²) in [6.07, 6.45) is 2.17. The van der Waals surface area contributed by atoms with Gasteiger partial charge < -0.3 is 10.3 Å². The first-order valence-electron chi connectivity index (χ1n) is 10.5. The summed E-state index contributed by atoms with van der Waals surface area (Å²) in [5.74, 6) is -0.367. The maximum atomic E-state index is 13.2. The normalized spacial score (nSPS) is 16.4. The molecule has 6 nitrogen and oxygen atoms in total. The molecule has 2 N–H and O–H groups in total. The van der Waals surface area contributed by atoms with Crippen LogP contribution in [0.15, 0.2) is 54.6 Å². The summed E-state index contributed by atoms with van der Waals surface area (Å²) < 4.78 is 13.2. The van der Waals surface area contributed by atoms with E-state index in [-0.39, 0.29) is 23.5 Å². The average Bonchev–Trinajstić information content (AvgIpc) is 3.17. The maximum Gasteiger partial charge on any atom is 0.269 e. The standard InChI is InChI=1S/C24H25FN4O2/c1-16-21(22(30)26-15-18-6-3-2-4-7-18)28-24(27-16)29-13-5-8-19(23(29)31)14-17-9-11-20(25)12-10-17/h2-4,6-7,9-12,19H,5,8,13-15H2,1H3,(H,26,30)(H,27,28). The minimum atomic E-state index is -0.288. The molecule has 0 radical (unpaired) electrons. The number of aromatic amines is 1. The number of hydrogen-bond donors (Lipinski definition) is 2. The third kappa shape index (κ3) is 4.82. The Bertz CT molecular complexity index is 1060. The van der Waals surface area contributed by atoms with Crippen LogP contribution in [0.1, 0.15) is 40.2 Å².